The van der Waals surface area contributed by atoms with Crippen LogP contribution in [-0.4, -0.2) is 26.0 Å². The molecule has 68 valence electrons. The maximum absolute atomic E-state index is 10.8. The van der Waals surface area contributed by atoms with E-state index < -0.39 is 0 Å². The molecular formula is C8H20N2O. The van der Waals surface area contributed by atoms with E-state index in [1.54, 1.807) is 7.05 Å². The fourth-order valence-electron chi connectivity index (χ4n) is 0.826. The van der Waals surface area contributed by atoms with Gasteiger partial charge in [-0.05, 0) is 13.5 Å². The largest absolute Gasteiger partial charge is 0.355 e. The molecule has 0 aromatic rings. The molecule has 0 aromatic carbocycles. The lowest BCUT2D eigenvalue weighted by molar-refractivity contribution is -0.120. The van der Waals surface area contributed by atoms with Gasteiger partial charge in [0.15, 0.2) is 0 Å². The summed E-state index contributed by atoms with van der Waals surface area (Å²) in [5, 5.41) is 5.61. The van der Waals surface area contributed by atoms with Gasteiger partial charge >= 0.3 is 0 Å². The van der Waals surface area contributed by atoms with Crippen LogP contribution in [0.2, 0.25) is 0 Å². The van der Waals surface area contributed by atoms with Gasteiger partial charge in [0.05, 0.1) is 6.54 Å². The summed E-state index contributed by atoms with van der Waals surface area (Å²) in [5.74, 6) is 0.0867. The fraction of sp³-hybridized carbons (Fsp3) is 0.875. The maximum atomic E-state index is 10.8. The van der Waals surface area contributed by atoms with Crippen LogP contribution in [0, 0.1) is 0 Å². The Labute approximate surface area is 70.0 Å². The molecule has 0 atom stereocenters. The lowest BCUT2D eigenvalue weighted by atomic mass is 10.2. The zero-order valence-electron chi connectivity index (χ0n) is 7.44. The number of hydrogen-bond donors (Lipinski definition) is 2. The van der Waals surface area contributed by atoms with Crippen molar-refractivity contribution in [1.82, 2.24) is 10.6 Å². The second kappa shape index (κ2) is 7.54. The Hall–Kier alpha value is -0.570. The van der Waals surface area contributed by atoms with Gasteiger partial charge in [0.2, 0.25) is 5.91 Å². The van der Waals surface area contributed by atoms with Gasteiger partial charge in [-0.2, -0.15) is 0 Å². The minimum Gasteiger partial charge on any atom is -0.355 e. The van der Waals surface area contributed by atoms with Crippen molar-refractivity contribution in [3.8, 4) is 0 Å². The highest BCUT2D eigenvalue weighted by Crippen LogP contribution is 1.90. The molecule has 0 aliphatic rings. The summed E-state index contributed by atoms with van der Waals surface area (Å²) in [6, 6.07) is 0. The van der Waals surface area contributed by atoms with Crippen LogP contribution in [0.3, 0.4) is 0 Å². The van der Waals surface area contributed by atoms with Crippen LogP contribution in [0.1, 0.15) is 27.6 Å². The minimum absolute atomic E-state index is 0. The van der Waals surface area contributed by atoms with E-state index in [4.69, 9.17) is 0 Å². The van der Waals surface area contributed by atoms with Crippen molar-refractivity contribution >= 4 is 5.91 Å². The minimum atomic E-state index is 0. The highest BCUT2D eigenvalue weighted by Gasteiger charge is 1.95. The first-order valence-corrected chi connectivity index (χ1v) is 4.22. The topological polar surface area (TPSA) is 41.1 Å². The molecule has 0 fully saturated rings. The molecule has 0 radical (unpaired) electrons. The second-order valence-corrected chi connectivity index (χ2v) is 2.59. The summed E-state index contributed by atoms with van der Waals surface area (Å²) in [6.07, 6.45) is 3.48. The lowest BCUT2D eigenvalue weighted by Gasteiger charge is -2.02. The van der Waals surface area contributed by atoms with E-state index in [0.717, 1.165) is 13.0 Å². The number of rotatable bonds is 6. The first-order chi connectivity index (χ1) is 5.31. The van der Waals surface area contributed by atoms with Gasteiger partial charge in [-0.3, -0.25) is 4.79 Å². The SMILES string of the molecule is CCCCCNC(=O)CNC.[HH]. The first kappa shape index (κ1) is 10.4. The van der Waals surface area contributed by atoms with Crippen molar-refractivity contribution in [2.45, 2.75) is 26.2 Å². The molecule has 0 rings (SSSR count). The van der Waals surface area contributed by atoms with Gasteiger partial charge in [-0.25, -0.2) is 0 Å². The molecule has 1 amide bonds. The van der Waals surface area contributed by atoms with E-state index in [-0.39, 0.29) is 7.33 Å². The average Bonchev–Trinajstić information content (AvgIpc) is 1.99. The Morgan fingerprint density at radius 2 is 2.18 bits per heavy atom. The molecule has 0 aliphatic heterocycles. The Balaban J connectivity index is 0. The third-order valence-corrected chi connectivity index (χ3v) is 1.44. The average molecular weight is 160 g/mol. The number of unbranched alkanes of at least 4 members (excludes halogenated alkanes) is 2. The maximum Gasteiger partial charge on any atom is 0.233 e. The van der Waals surface area contributed by atoms with E-state index in [2.05, 4.69) is 17.6 Å². The molecule has 3 heteroatoms. The molecule has 0 saturated carbocycles. The molecule has 0 aromatic heterocycles. The van der Waals surface area contributed by atoms with Gasteiger partial charge in [0.25, 0.3) is 0 Å². The Kier molecular flexibility index (Phi) is 7.15. The van der Waals surface area contributed by atoms with Crippen LogP contribution in [-0.2, 0) is 4.79 Å². The van der Waals surface area contributed by atoms with Crippen molar-refractivity contribution in [1.29, 1.82) is 0 Å². The summed E-state index contributed by atoms with van der Waals surface area (Å²) in [7, 11) is 1.77. The van der Waals surface area contributed by atoms with Crippen LogP contribution in [0.4, 0.5) is 0 Å². The van der Waals surface area contributed by atoms with Gasteiger partial charge in [-0.15, -0.1) is 0 Å². The third-order valence-electron chi connectivity index (χ3n) is 1.44. The van der Waals surface area contributed by atoms with Crippen molar-refractivity contribution in [3.05, 3.63) is 0 Å². The molecular weight excluding hydrogens is 140 g/mol. The van der Waals surface area contributed by atoms with Crippen molar-refractivity contribution in [3.63, 3.8) is 0 Å². The van der Waals surface area contributed by atoms with E-state index >= 15 is 0 Å². The molecule has 0 bridgehead atoms. The van der Waals surface area contributed by atoms with Crippen LogP contribution in [0.15, 0.2) is 0 Å². The third kappa shape index (κ3) is 7.33. The second-order valence-electron chi connectivity index (χ2n) is 2.59. The zero-order chi connectivity index (χ0) is 8.53. The predicted molar refractivity (Wildman–Crippen MR) is 48.6 cm³/mol. The molecule has 11 heavy (non-hydrogen) atoms. The number of amides is 1. The van der Waals surface area contributed by atoms with Crippen molar-refractivity contribution < 1.29 is 6.22 Å². The summed E-state index contributed by atoms with van der Waals surface area (Å²) in [6.45, 7) is 3.38. The summed E-state index contributed by atoms with van der Waals surface area (Å²) >= 11 is 0. The van der Waals surface area contributed by atoms with E-state index in [1.165, 1.54) is 12.8 Å². The summed E-state index contributed by atoms with van der Waals surface area (Å²) < 4.78 is 0. The van der Waals surface area contributed by atoms with Gasteiger partial charge in [-0.1, -0.05) is 19.8 Å². The van der Waals surface area contributed by atoms with E-state index in [0.29, 0.717) is 6.54 Å². The standard InChI is InChI=1S/C8H18N2O.H2/c1-3-4-5-6-10-8(11)7-9-2;/h9H,3-7H2,1-2H3,(H,10,11);1H. The summed E-state index contributed by atoms with van der Waals surface area (Å²) in [5.41, 5.74) is 0. The Bertz CT molecular complexity index is 109. The smallest absolute Gasteiger partial charge is 0.233 e. The number of likely N-dealkylation sites (N-methyl/N-ethyl adjacent to an activating group) is 1. The lowest BCUT2D eigenvalue weighted by Crippen LogP contribution is -2.32. The van der Waals surface area contributed by atoms with Crippen LogP contribution >= 0.6 is 0 Å². The van der Waals surface area contributed by atoms with E-state index in [1.807, 2.05) is 0 Å². The van der Waals surface area contributed by atoms with Crippen LogP contribution in [0.25, 0.3) is 0 Å². The monoisotopic (exact) mass is 160 g/mol. The zero-order valence-corrected chi connectivity index (χ0v) is 7.44. The molecule has 0 heterocycles. The van der Waals surface area contributed by atoms with E-state index in [9.17, 15) is 4.79 Å². The Morgan fingerprint density at radius 3 is 2.73 bits per heavy atom. The number of hydrogen-bond acceptors (Lipinski definition) is 2. The molecule has 2 N–H and O–H groups in total. The normalized spacial score (nSPS) is 9.64. The molecule has 0 saturated heterocycles. The first-order valence-electron chi connectivity index (χ1n) is 4.22. The summed E-state index contributed by atoms with van der Waals surface area (Å²) in [4.78, 5) is 10.8. The van der Waals surface area contributed by atoms with Crippen molar-refractivity contribution in [2.24, 2.45) is 0 Å². The molecule has 3 nitrogen and oxygen atoms in total. The Morgan fingerprint density at radius 1 is 1.45 bits per heavy atom. The van der Waals surface area contributed by atoms with Gasteiger partial charge < -0.3 is 10.6 Å². The quantitative estimate of drug-likeness (QED) is 0.563. The van der Waals surface area contributed by atoms with Gasteiger partial charge in [0.1, 0.15) is 0 Å². The number of carbonyl (C=O) groups excluding carboxylic acids is 1. The predicted octanol–water partition coefficient (Wildman–Crippen LogP) is 0.758. The molecule has 0 spiro atoms. The fourth-order valence-corrected chi connectivity index (χ4v) is 0.826. The molecule has 0 aliphatic carbocycles. The highest BCUT2D eigenvalue weighted by atomic mass is 16.1. The van der Waals surface area contributed by atoms with Crippen LogP contribution < -0.4 is 10.6 Å². The number of nitrogens with one attached hydrogen (secondary N) is 2. The molecule has 0 unspecified atom stereocenters. The number of carbonyl (C=O) groups is 1. The van der Waals surface area contributed by atoms with Crippen LogP contribution in [0.5, 0.6) is 0 Å². The van der Waals surface area contributed by atoms with Crippen molar-refractivity contribution in [2.75, 3.05) is 20.1 Å². The van der Waals surface area contributed by atoms with Gasteiger partial charge in [0, 0.05) is 7.97 Å². The highest BCUT2D eigenvalue weighted by molar-refractivity contribution is 5.77.